The number of rotatable bonds is 6. The molecule has 1 saturated carbocycles. The summed E-state index contributed by atoms with van der Waals surface area (Å²) in [5, 5.41) is 7.28. The lowest BCUT2D eigenvalue weighted by Crippen LogP contribution is -2.34. The lowest BCUT2D eigenvalue weighted by Gasteiger charge is -2.14. The number of hydrogen-bond acceptors (Lipinski definition) is 4. The van der Waals surface area contributed by atoms with Gasteiger partial charge in [-0.15, -0.1) is 0 Å². The zero-order valence-corrected chi connectivity index (χ0v) is 17.0. The van der Waals surface area contributed by atoms with Crippen LogP contribution in [0, 0.1) is 5.92 Å². The van der Waals surface area contributed by atoms with E-state index in [-0.39, 0.29) is 29.1 Å². The number of carbonyl (C=O) groups is 1. The fourth-order valence-electron chi connectivity index (χ4n) is 3.21. The Hall–Kier alpha value is -3.36. The SMILES string of the molecule is C[C@@H](NC(=O)c1ccc(Oc2ccc(C(F)(F)F)cc2)c(-c2ccn(C)n2)n1)C1CC1. The van der Waals surface area contributed by atoms with Gasteiger partial charge in [0.1, 0.15) is 22.8 Å². The van der Waals surface area contributed by atoms with Crippen molar-refractivity contribution < 1.29 is 22.7 Å². The zero-order valence-electron chi connectivity index (χ0n) is 17.0. The Morgan fingerprint density at radius 1 is 1.16 bits per heavy atom. The first-order chi connectivity index (χ1) is 14.7. The van der Waals surface area contributed by atoms with E-state index in [0.29, 0.717) is 17.3 Å². The molecule has 1 fully saturated rings. The molecular weight excluding hydrogens is 409 g/mol. The van der Waals surface area contributed by atoms with E-state index >= 15 is 0 Å². The molecular formula is C22H21F3N4O2. The molecule has 0 bridgehead atoms. The highest BCUT2D eigenvalue weighted by atomic mass is 19.4. The molecule has 1 aliphatic rings. The number of benzene rings is 1. The van der Waals surface area contributed by atoms with E-state index in [1.807, 2.05) is 6.92 Å². The summed E-state index contributed by atoms with van der Waals surface area (Å²) in [5.41, 5.74) is 0.258. The Bertz CT molecular complexity index is 1090. The predicted molar refractivity (Wildman–Crippen MR) is 108 cm³/mol. The molecule has 2 aromatic heterocycles. The lowest BCUT2D eigenvalue weighted by atomic mass is 10.2. The summed E-state index contributed by atoms with van der Waals surface area (Å²) in [4.78, 5) is 17.1. The van der Waals surface area contributed by atoms with Crippen LogP contribution in [0.4, 0.5) is 13.2 Å². The Balaban J connectivity index is 1.62. The number of aryl methyl sites for hydroxylation is 1. The van der Waals surface area contributed by atoms with Gasteiger partial charge in [0.2, 0.25) is 0 Å². The third-order valence-corrected chi connectivity index (χ3v) is 5.14. The van der Waals surface area contributed by atoms with E-state index in [1.54, 1.807) is 30.1 Å². The molecule has 9 heteroatoms. The second-order valence-electron chi connectivity index (χ2n) is 7.64. The molecule has 1 amide bonds. The van der Waals surface area contributed by atoms with Crippen molar-refractivity contribution in [1.29, 1.82) is 0 Å². The average molecular weight is 430 g/mol. The minimum Gasteiger partial charge on any atom is -0.455 e. The molecule has 0 spiro atoms. The van der Waals surface area contributed by atoms with E-state index in [4.69, 9.17) is 4.74 Å². The Labute approximate surface area is 177 Å². The number of aromatic nitrogens is 3. The van der Waals surface area contributed by atoms with E-state index in [9.17, 15) is 18.0 Å². The first kappa shape index (κ1) is 20.9. The molecule has 1 atom stereocenters. The topological polar surface area (TPSA) is 69.0 Å². The average Bonchev–Trinajstić information content (AvgIpc) is 3.49. The molecule has 0 aliphatic heterocycles. The highest BCUT2D eigenvalue weighted by Gasteiger charge is 2.31. The molecule has 6 nitrogen and oxygen atoms in total. The van der Waals surface area contributed by atoms with Crippen molar-refractivity contribution in [3.05, 3.63) is 59.9 Å². The van der Waals surface area contributed by atoms with Crippen LogP contribution < -0.4 is 10.1 Å². The van der Waals surface area contributed by atoms with Gasteiger partial charge in [-0.2, -0.15) is 18.3 Å². The van der Waals surface area contributed by atoms with Gasteiger partial charge in [-0.3, -0.25) is 9.48 Å². The molecule has 1 N–H and O–H groups in total. The molecule has 0 unspecified atom stereocenters. The number of alkyl halides is 3. The van der Waals surface area contributed by atoms with Gasteiger partial charge in [0.05, 0.1) is 5.56 Å². The molecule has 0 radical (unpaired) electrons. The van der Waals surface area contributed by atoms with Crippen molar-refractivity contribution in [2.75, 3.05) is 0 Å². The zero-order chi connectivity index (χ0) is 22.2. The van der Waals surface area contributed by atoms with E-state index in [2.05, 4.69) is 15.4 Å². The minimum atomic E-state index is -4.42. The van der Waals surface area contributed by atoms with Crippen molar-refractivity contribution in [3.8, 4) is 22.9 Å². The molecule has 162 valence electrons. The fraction of sp³-hybridized carbons (Fsp3) is 0.318. The first-order valence-corrected chi connectivity index (χ1v) is 9.88. The van der Waals surface area contributed by atoms with Crippen LogP contribution in [0.15, 0.2) is 48.7 Å². The van der Waals surface area contributed by atoms with E-state index in [0.717, 1.165) is 25.0 Å². The van der Waals surface area contributed by atoms with Crippen molar-refractivity contribution in [3.63, 3.8) is 0 Å². The van der Waals surface area contributed by atoms with Crippen LogP contribution in [0.2, 0.25) is 0 Å². The number of nitrogens with one attached hydrogen (secondary N) is 1. The van der Waals surface area contributed by atoms with Gasteiger partial charge in [0, 0.05) is 19.3 Å². The number of carbonyl (C=O) groups excluding carboxylic acids is 1. The van der Waals surface area contributed by atoms with E-state index < -0.39 is 11.7 Å². The maximum atomic E-state index is 12.8. The van der Waals surface area contributed by atoms with Gasteiger partial charge in [-0.05, 0) is 68.1 Å². The molecule has 1 aromatic carbocycles. The third-order valence-electron chi connectivity index (χ3n) is 5.14. The summed E-state index contributed by atoms with van der Waals surface area (Å²) >= 11 is 0. The summed E-state index contributed by atoms with van der Waals surface area (Å²) < 4.78 is 45.8. The van der Waals surface area contributed by atoms with Gasteiger partial charge in [-0.25, -0.2) is 4.98 Å². The van der Waals surface area contributed by atoms with Crippen LogP contribution in [0.3, 0.4) is 0 Å². The predicted octanol–water partition coefficient (Wildman–Crippen LogP) is 4.82. The summed E-state index contributed by atoms with van der Waals surface area (Å²) in [5.74, 6) is 0.705. The maximum Gasteiger partial charge on any atom is 0.416 e. The molecule has 4 rings (SSSR count). The normalized spacial score (nSPS) is 14.9. The van der Waals surface area contributed by atoms with Gasteiger partial charge >= 0.3 is 6.18 Å². The minimum absolute atomic E-state index is 0.0654. The fourth-order valence-corrected chi connectivity index (χ4v) is 3.21. The monoisotopic (exact) mass is 430 g/mol. The first-order valence-electron chi connectivity index (χ1n) is 9.88. The van der Waals surface area contributed by atoms with Crippen molar-refractivity contribution >= 4 is 5.91 Å². The van der Waals surface area contributed by atoms with Crippen molar-refractivity contribution in [1.82, 2.24) is 20.1 Å². The summed E-state index contributed by atoms with van der Waals surface area (Å²) in [7, 11) is 1.74. The number of nitrogens with zero attached hydrogens (tertiary/aromatic N) is 3. The van der Waals surface area contributed by atoms with Crippen LogP contribution in [0.1, 0.15) is 35.8 Å². The molecule has 1 aliphatic carbocycles. The number of pyridine rings is 1. The standard InChI is InChI=1S/C22H21F3N4O2/c1-13(14-3-4-14)26-21(30)18-9-10-19(20(27-18)17-11-12-29(2)28-17)31-16-7-5-15(6-8-16)22(23,24)25/h5-14H,3-4H2,1-2H3,(H,26,30)/t13-/m1/s1. The Morgan fingerprint density at radius 3 is 2.45 bits per heavy atom. The second-order valence-corrected chi connectivity index (χ2v) is 7.64. The Kier molecular flexibility index (Phi) is 5.43. The quantitative estimate of drug-likeness (QED) is 0.609. The van der Waals surface area contributed by atoms with Crippen LogP contribution in [0.25, 0.3) is 11.4 Å². The largest absolute Gasteiger partial charge is 0.455 e. The molecule has 31 heavy (non-hydrogen) atoms. The highest BCUT2D eigenvalue weighted by molar-refractivity contribution is 5.93. The highest BCUT2D eigenvalue weighted by Crippen LogP contribution is 2.35. The van der Waals surface area contributed by atoms with Crippen molar-refractivity contribution in [2.45, 2.75) is 32.0 Å². The van der Waals surface area contributed by atoms with Crippen LogP contribution in [0.5, 0.6) is 11.5 Å². The van der Waals surface area contributed by atoms with Gasteiger partial charge in [-0.1, -0.05) is 0 Å². The summed E-state index contributed by atoms with van der Waals surface area (Å²) in [6.45, 7) is 1.97. The number of hydrogen-bond donors (Lipinski definition) is 1. The number of amides is 1. The second kappa shape index (κ2) is 8.05. The van der Waals surface area contributed by atoms with Crippen LogP contribution in [-0.4, -0.2) is 26.7 Å². The third kappa shape index (κ3) is 4.87. The van der Waals surface area contributed by atoms with Crippen molar-refractivity contribution in [2.24, 2.45) is 13.0 Å². The number of halogens is 3. The van der Waals surface area contributed by atoms with Gasteiger partial charge in [0.15, 0.2) is 5.75 Å². The molecule has 0 saturated heterocycles. The smallest absolute Gasteiger partial charge is 0.416 e. The maximum absolute atomic E-state index is 12.8. The summed E-state index contributed by atoms with van der Waals surface area (Å²) in [6.07, 6.45) is -0.491. The van der Waals surface area contributed by atoms with E-state index in [1.165, 1.54) is 18.2 Å². The lowest BCUT2D eigenvalue weighted by molar-refractivity contribution is -0.137. The molecule has 3 aromatic rings. The van der Waals surface area contributed by atoms with Crippen LogP contribution >= 0.6 is 0 Å². The van der Waals surface area contributed by atoms with Gasteiger partial charge in [0.25, 0.3) is 5.91 Å². The molecule has 2 heterocycles. The number of ether oxygens (including phenoxy) is 1. The Morgan fingerprint density at radius 2 is 1.87 bits per heavy atom. The van der Waals surface area contributed by atoms with Crippen LogP contribution in [-0.2, 0) is 13.2 Å². The van der Waals surface area contributed by atoms with Gasteiger partial charge < -0.3 is 10.1 Å². The summed E-state index contributed by atoms with van der Waals surface area (Å²) in [6, 6.07) is 9.26.